The van der Waals surface area contributed by atoms with Gasteiger partial charge in [0.1, 0.15) is 11.6 Å². The van der Waals surface area contributed by atoms with E-state index in [-0.39, 0.29) is 17.5 Å². The van der Waals surface area contributed by atoms with Gasteiger partial charge < -0.3 is 5.11 Å². The maximum absolute atomic E-state index is 13.1. The molecule has 180 valence electrons. The van der Waals surface area contributed by atoms with Crippen molar-refractivity contribution in [1.29, 1.82) is 0 Å². The third-order valence-electron chi connectivity index (χ3n) is 6.75. The summed E-state index contributed by atoms with van der Waals surface area (Å²) in [5.74, 6) is 0.0538. The highest BCUT2D eigenvalue weighted by Crippen LogP contribution is 2.27. The third kappa shape index (κ3) is 4.42. The Hall–Kier alpha value is -3.98. The predicted octanol–water partition coefficient (Wildman–Crippen LogP) is 3.08. The van der Waals surface area contributed by atoms with Crippen molar-refractivity contribution in [3.05, 3.63) is 77.5 Å². The second-order valence-corrected chi connectivity index (χ2v) is 9.03. The lowest BCUT2D eigenvalue weighted by Gasteiger charge is -2.38. The van der Waals surface area contributed by atoms with Crippen LogP contribution >= 0.6 is 0 Å². The van der Waals surface area contributed by atoms with Crippen molar-refractivity contribution in [3.63, 3.8) is 0 Å². The minimum atomic E-state index is -0.918. The average Bonchev–Trinajstić information content (AvgIpc) is 3.27. The van der Waals surface area contributed by atoms with Crippen LogP contribution in [-0.4, -0.2) is 55.2 Å². The average molecular weight is 473 g/mol. The molecule has 0 saturated carbocycles. The molecule has 0 aliphatic carbocycles. The molecule has 2 aromatic carbocycles. The second kappa shape index (κ2) is 9.34. The van der Waals surface area contributed by atoms with Crippen LogP contribution in [0.25, 0.3) is 22.2 Å². The number of aliphatic hydroxyl groups is 1. The smallest absolute Gasteiger partial charge is 0.326 e. The van der Waals surface area contributed by atoms with Gasteiger partial charge in [-0.1, -0.05) is 42.5 Å². The molecule has 9 nitrogen and oxygen atoms in total. The number of aromatic nitrogens is 4. The molecule has 4 aromatic rings. The highest BCUT2D eigenvalue weighted by molar-refractivity contribution is 5.92. The number of amides is 2. The van der Waals surface area contributed by atoms with Crippen LogP contribution in [-0.2, 0) is 13.6 Å². The van der Waals surface area contributed by atoms with Crippen molar-refractivity contribution in [1.82, 2.24) is 24.2 Å². The van der Waals surface area contributed by atoms with E-state index in [0.717, 1.165) is 16.8 Å². The number of aliphatic hydroxyl groups excluding tert-OH is 1. The van der Waals surface area contributed by atoms with E-state index in [1.807, 2.05) is 54.6 Å². The van der Waals surface area contributed by atoms with Crippen molar-refractivity contribution in [2.45, 2.75) is 25.6 Å². The zero-order valence-corrected chi connectivity index (χ0v) is 19.8. The number of urea groups is 1. The molecule has 0 spiro atoms. The van der Waals surface area contributed by atoms with E-state index in [2.05, 4.69) is 10.1 Å². The molecular formula is C26H28N6O3. The Morgan fingerprint density at radius 2 is 1.83 bits per heavy atom. The van der Waals surface area contributed by atoms with Crippen molar-refractivity contribution < 1.29 is 9.90 Å². The number of benzene rings is 2. The molecule has 1 N–H and O–H groups in total. The first-order valence-electron chi connectivity index (χ1n) is 11.7. The minimum Gasteiger partial charge on any atom is -0.373 e. The summed E-state index contributed by atoms with van der Waals surface area (Å²) < 4.78 is 3.14. The lowest BCUT2D eigenvalue weighted by atomic mass is 9.95. The summed E-state index contributed by atoms with van der Waals surface area (Å²) in [6.45, 7) is 0.848. The Bertz CT molecular complexity index is 1400. The van der Waals surface area contributed by atoms with E-state index in [4.69, 9.17) is 0 Å². The molecule has 2 amide bonds. The standard InChI is InChI=1S/C26H28N6O3/c1-29(21-10-8-20(9-11-21)19-6-4-3-5-7-19)26(35)32-13-12-18(14-23(32)33)16-31-17-27-24-22(25(31)34)15-28-30(24)2/h3-11,15,17-18,23,33H,12-14,16H2,1-2H3. The Morgan fingerprint density at radius 1 is 1.11 bits per heavy atom. The molecule has 1 aliphatic rings. The number of rotatable bonds is 4. The number of hydrogen-bond acceptors (Lipinski definition) is 5. The van der Waals surface area contributed by atoms with Crippen molar-refractivity contribution in [2.75, 3.05) is 18.5 Å². The van der Waals surface area contributed by atoms with E-state index < -0.39 is 6.23 Å². The summed E-state index contributed by atoms with van der Waals surface area (Å²) in [6, 6.07) is 17.6. The largest absolute Gasteiger partial charge is 0.373 e. The normalized spacial score (nSPS) is 18.1. The lowest BCUT2D eigenvalue weighted by Crippen LogP contribution is -2.51. The quantitative estimate of drug-likeness (QED) is 0.492. The van der Waals surface area contributed by atoms with Gasteiger partial charge in [-0.2, -0.15) is 5.10 Å². The maximum Gasteiger partial charge on any atom is 0.326 e. The first-order chi connectivity index (χ1) is 16.9. The van der Waals surface area contributed by atoms with Crippen LogP contribution in [0.15, 0.2) is 71.9 Å². The van der Waals surface area contributed by atoms with Gasteiger partial charge in [0.15, 0.2) is 5.65 Å². The third-order valence-corrected chi connectivity index (χ3v) is 6.75. The molecule has 0 bridgehead atoms. The van der Waals surface area contributed by atoms with Crippen LogP contribution < -0.4 is 10.5 Å². The van der Waals surface area contributed by atoms with Crippen molar-refractivity contribution in [2.24, 2.45) is 13.0 Å². The number of piperidine rings is 1. The van der Waals surface area contributed by atoms with Gasteiger partial charge in [0, 0.05) is 32.9 Å². The van der Waals surface area contributed by atoms with Gasteiger partial charge in [0.25, 0.3) is 5.56 Å². The first-order valence-corrected chi connectivity index (χ1v) is 11.7. The summed E-state index contributed by atoms with van der Waals surface area (Å²) in [4.78, 5) is 33.3. The second-order valence-electron chi connectivity index (χ2n) is 9.03. The zero-order valence-electron chi connectivity index (χ0n) is 19.8. The van der Waals surface area contributed by atoms with E-state index in [1.165, 1.54) is 17.4 Å². The van der Waals surface area contributed by atoms with E-state index >= 15 is 0 Å². The molecule has 2 atom stereocenters. The molecule has 5 rings (SSSR count). The van der Waals surface area contributed by atoms with E-state index in [1.54, 1.807) is 28.2 Å². The van der Waals surface area contributed by atoms with Gasteiger partial charge >= 0.3 is 6.03 Å². The molecule has 0 radical (unpaired) electrons. The molecule has 2 unspecified atom stereocenters. The highest BCUT2D eigenvalue weighted by atomic mass is 16.3. The number of aryl methyl sites for hydroxylation is 1. The van der Waals surface area contributed by atoms with Gasteiger partial charge in [-0.25, -0.2) is 9.78 Å². The Balaban J connectivity index is 1.23. The number of anilines is 1. The lowest BCUT2D eigenvalue weighted by molar-refractivity contribution is -0.0159. The summed E-state index contributed by atoms with van der Waals surface area (Å²) in [6.07, 6.45) is 3.21. The molecular weight excluding hydrogens is 444 g/mol. The monoisotopic (exact) mass is 472 g/mol. The fraction of sp³-hybridized carbons (Fsp3) is 0.308. The highest BCUT2D eigenvalue weighted by Gasteiger charge is 2.32. The molecule has 9 heteroatoms. The zero-order chi connectivity index (χ0) is 24.5. The molecule has 35 heavy (non-hydrogen) atoms. The number of nitrogens with zero attached hydrogens (tertiary/aromatic N) is 6. The number of carbonyl (C=O) groups is 1. The van der Waals surface area contributed by atoms with Gasteiger partial charge in [0.2, 0.25) is 0 Å². The van der Waals surface area contributed by atoms with Gasteiger partial charge in [-0.15, -0.1) is 0 Å². The fourth-order valence-electron chi connectivity index (χ4n) is 4.69. The van der Waals surface area contributed by atoms with Gasteiger partial charge in [-0.05, 0) is 42.0 Å². The van der Waals surface area contributed by atoms with Gasteiger partial charge in [0.05, 0.1) is 12.5 Å². The van der Waals surface area contributed by atoms with Crippen LogP contribution in [0.3, 0.4) is 0 Å². The molecule has 3 heterocycles. The van der Waals surface area contributed by atoms with Crippen molar-refractivity contribution >= 4 is 22.8 Å². The van der Waals surface area contributed by atoms with Crippen LogP contribution in [0.5, 0.6) is 0 Å². The minimum absolute atomic E-state index is 0.0538. The summed E-state index contributed by atoms with van der Waals surface area (Å²) in [5, 5.41) is 15.4. The molecule has 1 saturated heterocycles. The number of likely N-dealkylation sites (tertiary alicyclic amines) is 1. The molecule has 2 aromatic heterocycles. The number of fused-ring (bicyclic) bond motifs is 1. The van der Waals surface area contributed by atoms with Crippen LogP contribution in [0, 0.1) is 5.92 Å². The van der Waals surface area contributed by atoms with E-state index in [9.17, 15) is 14.7 Å². The molecule has 1 aliphatic heterocycles. The number of carbonyl (C=O) groups excluding carboxylic acids is 1. The van der Waals surface area contributed by atoms with Crippen LogP contribution in [0.2, 0.25) is 0 Å². The Kier molecular flexibility index (Phi) is 6.08. The number of hydrogen-bond donors (Lipinski definition) is 1. The summed E-state index contributed by atoms with van der Waals surface area (Å²) >= 11 is 0. The van der Waals surface area contributed by atoms with Crippen molar-refractivity contribution in [3.8, 4) is 11.1 Å². The fourth-order valence-corrected chi connectivity index (χ4v) is 4.69. The summed E-state index contributed by atoms with van der Waals surface area (Å²) in [5.41, 5.74) is 3.35. The Labute approximate surface area is 202 Å². The maximum atomic E-state index is 13.1. The van der Waals surface area contributed by atoms with Crippen LogP contribution in [0.4, 0.5) is 10.5 Å². The van der Waals surface area contributed by atoms with Gasteiger partial charge in [-0.3, -0.25) is 23.8 Å². The first kappa shape index (κ1) is 22.8. The topological polar surface area (TPSA) is 96.5 Å². The Morgan fingerprint density at radius 3 is 2.54 bits per heavy atom. The SMILES string of the molecule is CN(C(=O)N1CCC(Cn2cnc3c(cnn3C)c2=O)CC1O)c1ccc(-c2ccccc2)cc1. The molecule has 1 fully saturated rings. The van der Waals surface area contributed by atoms with E-state index in [0.29, 0.717) is 37.0 Å². The van der Waals surface area contributed by atoms with Crippen LogP contribution in [0.1, 0.15) is 12.8 Å². The predicted molar refractivity (Wildman–Crippen MR) is 134 cm³/mol. The summed E-state index contributed by atoms with van der Waals surface area (Å²) in [7, 11) is 3.46.